The quantitative estimate of drug-likeness (QED) is 0.334. The standard InChI is InChI=1S/C18H26BNO5/c1-12-6-7-13(17(23)24-5)8-15(12)14(10-20-19-11-21)9-16(22)25-18(2,3)4/h6-8,11,14,19-20H,9-10H2,1-5H3. The molecule has 0 spiro atoms. The molecule has 25 heavy (non-hydrogen) atoms. The lowest BCUT2D eigenvalue weighted by Crippen LogP contribution is -2.30. The molecule has 1 atom stereocenters. The Kier molecular flexibility index (Phi) is 7.83. The maximum Gasteiger partial charge on any atom is 0.337 e. The third kappa shape index (κ3) is 7.09. The van der Waals surface area contributed by atoms with Gasteiger partial charge in [0, 0.05) is 5.92 Å². The zero-order chi connectivity index (χ0) is 19.0. The number of ether oxygens (including phenoxy) is 2. The second-order valence-corrected chi connectivity index (χ2v) is 6.88. The molecule has 0 aromatic heterocycles. The van der Waals surface area contributed by atoms with Gasteiger partial charge in [0.25, 0.3) is 7.41 Å². The minimum atomic E-state index is -0.569. The van der Waals surface area contributed by atoms with Crippen LogP contribution in [0.25, 0.3) is 0 Å². The number of carbonyl (C=O) groups excluding carboxylic acids is 3. The molecule has 0 saturated heterocycles. The number of rotatable bonds is 8. The Morgan fingerprint density at radius 2 is 2.00 bits per heavy atom. The predicted octanol–water partition coefficient (Wildman–Crippen LogP) is 1.73. The first-order valence-corrected chi connectivity index (χ1v) is 8.23. The maximum atomic E-state index is 12.3. The van der Waals surface area contributed by atoms with E-state index in [1.54, 1.807) is 12.1 Å². The highest BCUT2D eigenvalue weighted by Gasteiger charge is 2.23. The van der Waals surface area contributed by atoms with Gasteiger partial charge in [0.1, 0.15) is 5.60 Å². The molecule has 1 aromatic rings. The molecule has 0 saturated carbocycles. The van der Waals surface area contributed by atoms with Crippen LogP contribution in [0.5, 0.6) is 0 Å². The summed E-state index contributed by atoms with van der Waals surface area (Å²) < 4.78 is 10.2. The number of nitrogens with one attached hydrogen (secondary N) is 1. The van der Waals surface area contributed by atoms with Gasteiger partial charge >= 0.3 is 11.9 Å². The molecule has 7 heteroatoms. The number of benzene rings is 1. The largest absolute Gasteiger partial charge is 0.465 e. The lowest BCUT2D eigenvalue weighted by Gasteiger charge is -2.24. The van der Waals surface area contributed by atoms with E-state index in [9.17, 15) is 14.4 Å². The summed E-state index contributed by atoms with van der Waals surface area (Å²) in [5.74, 6) is -0.981. The predicted molar refractivity (Wildman–Crippen MR) is 97.6 cm³/mol. The van der Waals surface area contributed by atoms with E-state index in [-0.39, 0.29) is 25.7 Å². The second kappa shape index (κ2) is 9.37. The zero-order valence-electron chi connectivity index (χ0n) is 15.5. The Balaban J connectivity index is 3.07. The van der Waals surface area contributed by atoms with E-state index < -0.39 is 11.6 Å². The van der Waals surface area contributed by atoms with Crippen molar-refractivity contribution in [3.63, 3.8) is 0 Å². The van der Waals surface area contributed by atoms with Crippen molar-refractivity contribution in [1.82, 2.24) is 5.23 Å². The first-order chi connectivity index (χ1) is 11.7. The van der Waals surface area contributed by atoms with Crippen LogP contribution in [0, 0.1) is 6.92 Å². The Morgan fingerprint density at radius 1 is 1.32 bits per heavy atom. The average Bonchev–Trinajstić information content (AvgIpc) is 2.52. The van der Waals surface area contributed by atoms with Crippen molar-refractivity contribution in [3.8, 4) is 0 Å². The summed E-state index contributed by atoms with van der Waals surface area (Å²) in [6, 6.07) is 5.25. The second-order valence-electron chi connectivity index (χ2n) is 6.88. The van der Waals surface area contributed by atoms with Crippen LogP contribution in [0.1, 0.15) is 54.6 Å². The molecule has 0 heterocycles. The topological polar surface area (TPSA) is 81.7 Å². The number of hydrogen-bond donors (Lipinski definition) is 1. The Morgan fingerprint density at radius 3 is 2.56 bits per heavy atom. The van der Waals surface area contributed by atoms with Crippen molar-refractivity contribution in [2.75, 3.05) is 13.7 Å². The van der Waals surface area contributed by atoms with Gasteiger partial charge in [-0.2, -0.15) is 0 Å². The van der Waals surface area contributed by atoms with Gasteiger partial charge in [0.15, 0.2) is 0 Å². The minimum Gasteiger partial charge on any atom is -0.465 e. The summed E-state index contributed by atoms with van der Waals surface area (Å²) >= 11 is 0. The number of methoxy groups -OCH3 is 1. The Bertz CT molecular complexity index is 624. The van der Waals surface area contributed by atoms with Crippen LogP contribution < -0.4 is 5.23 Å². The van der Waals surface area contributed by atoms with Gasteiger partial charge in [-0.3, -0.25) is 4.79 Å². The van der Waals surface area contributed by atoms with E-state index in [0.29, 0.717) is 12.1 Å². The van der Waals surface area contributed by atoms with Crippen molar-refractivity contribution in [3.05, 3.63) is 34.9 Å². The maximum absolute atomic E-state index is 12.3. The molecular weight excluding hydrogens is 321 g/mol. The third-order valence-corrected chi connectivity index (χ3v) is 3.59. The summed E-state index contributed by atoms with van der Waals surface area (Å²) in [5, 5.41) is 3.00. The smallest absolute Gasteiger partial charge is 0.337 e. The normalized spacial score (nSPS) is 12.2. The first kappa shape index (κ1) is 20.9. The molecule has 0 bridgehead atoms. The fourth-order valence-corrected chi connectivity index (χ4v) is 2.52. The van der Waals surface area contributed by atoms with Crippen molar-refractivity contribution in [1.29, 1.82) is 0 Å². The molecule has 6 nitrogen and oxygen atoms in total. The summed E-state index contributed by atoms with van der Waals surface area (Å²) in [5.41, 5.74) is 1.66. The summed E-state index contributed by atoms with van der Waals surface area (Å²) in [6.07, 6.45) is 0.914. The number of aryl methyl sites for hydroxylation is 1. The molecule has 1 aromatic carbocycles. The van der Waals surface area contributed by atoms with E-state index in [1.807, 2.05) is 33.8 Å². The average molecular weight is 347 g/mol. The van der Waals surface area contributed by atoms with Crippen molar-refractivity contribution in [2.45, 2.75) is 45.6 Å². The SMILES string of the molecule is COC(=O)c1ccc(C)c(C(CNBC=O)CC(=O)OC(C)(C)C)c1. The lowest BCUT2D eigenvalue weighted by atomic mass is 9.88. The van der Waals surface area contributed by atoms with Gasteiger partial charge in [-0.25, -0.2) is 4.79 Å². The van der Waals surface area contributed by atoms with Crippen molar-refractivity contribution >= 4 is 25.5 Å². The third-order valence-electron chi connectivity index (χ3n) is 3.59. The molecule has 136 valence electrons. The highest BCUT2D eigenvalue weighted by atomic mass is 16.6. The van der Waals surface area contributed by atoms with Crippen molar-refractivity contribution < 1.29 is 23.9 Å². The van der Waals surface area contributed by atoms with Crippen LogP contribution >= 0.6 is 0 Å². The van der Waals surface area contributed by atoms with Crippen LogP contribution in [-0.4, -0.2) is 44.8 Å². The molecule has 1 unspecified atom stereocenters. The van der Waals surface area contributed by atoms with Gasteiger partial charge in [-0.1, -0.05) is 6.07 Å². The first-order valence-electron chi connectivity index (χ1n) is 8.23. The molecule has 0 aliphatic heterocycles. The van der Waals surface area contributed by atoms with E-state index in [2.05, 4.69) is 5.23 Å². The molecular formula is C18H26BNO5. The van der Waals surface area contributed by atoms with Gasteiger partial charge in [0.05, 0.1) is 25.3 Å². The van der Waals surface area contributed by atoms with Gasteiger partial charge in [-0.05, 0) is 57.5 Å². The highest BCUT2D eigenvalue weighted by Crippen LogP contribution is 2.26. The monoisotopic (exact) mass is 347 g/mol. The van der Waals surface area contributed by atoms with E-state index in [0.717, 1.165) is 17.3 Å². The number of carbonyl (C=O) groups is 3. The molecule has 0 amide bonds. The van der Waals surface area contributed by atoms with Crippen LogP contribution in [0.15, 0.2) is 18.2 Å². The molecule has 0 fully saturated rings. The van der Waals surface area contributed by atoms with E-state index >= 15 is 0 Å². The number of esters is 2. The van der Waals surface area contributed by atoms with E-state index in [1.165, 1.54) is 7.11 Å². The lowest BCUT2D eigenvalue weighted by molar-refractivity contribution is -0.155. The van der Waals surface area contributed by atoms with Crippen molar-refractivity contribution in [2.24, 2.45) is 0 Å². The van der Waals surface area contributed by atoms with Crippen LogP contribution in [0.2, 0.25) is 0 Å². The van der Waals surface area contributed by atoms with Gasteiger partial charge in [0.2, 0.25) is 0 Å². The number of hydrogen-bond acceptors (Lipinski definition) is 6. The fourth-order valence-electron chi connectivity index (χ4n) is 2.52. The fraction of sp³-hybridized carbons (Fsp3) is 0.500. The van der Waals surface area contributed by atoms with Crippen LogP contribution in [-0.2, 0) is 19.1 Å². The minimum absolute atomic E-state index is 0.147. The van der Waals surface area contributed by atoms with Crippen LogP contribution in [0.4, 0.5) is 0 Å². The molecule has 1 rings (SSSR count). The zero-order valence-corrected chi connectivity index (χ0v) is 15.5. The van der Waals surface area contributed by atoms with Crippen LogP contribution in [0.3, 0.4) is 0 Å². The summed E-state index contributed by atoms with van der Waals surface area (Å²) in [4.78, 5) is 34.6. The van der Waals surface area contributed by atoms with Gasteiger partial charge < -0.3 is 19.5 Å². The van der Waals surface area contributed by atoms with Gasteiger partial charge in [-0.15, -0.1) is 0 Å². The summed E-state index contributed by atoms with van der Waals surface area (Å²) in [7, 11) is 1.52. The Labute approximate surface area is 149 Å². The highest BCUT2D eigenvalue weighted by molar-refractivity contribution is 6.64. The summed E-state index contributed by atoms with van der Waals surface area (Å²) in [6.45, 7) is 7.77. The molecule has 0 radical (unpaired) electrons. The molecule has 0 aliphatic rings. The molecule has 1 N–H and O–H groups in total. The van der Waals surface area contributed by atoms with E-state index in [4.69, 9.17) is 9.47 Å². The Hall–Kier alpha value is -2.15. The molecule has 0 aliphatic carbocycles.